The zero-order valence-electron chi connectivity index (χ0n) is 33.3. The molecule has 11 rings (SSSR count). The average molecular weight is 754 g/mol. The zero-order valence-corrected chi connectivity index (χ0v) is 33.3. The molecule has 0 radical (unpaired) electrons. The molecule has 0 N–H and O–H groups in total. The number of hydrogen-bond donors (Lipinski definition) is 0. The van der Waals surface area contributed by atoms with Crippen molar-refractivity contribution in [1.29, 1.82) is 0 Å². The van der Waals surface area contributed by atoms with Crippen molar-refractivity contribution < 1.29 is 0 Å². The summed E-state index contributed by atoms with van der Waals surface area (Å²) in [7, 11) is 0. The molecule has 2 aliphatic carbocycles. The molecule has 0 saturated heterocycles. The van der Waals surface area contributed by atoms with Gasteiger partial charge in [0, 0.05) is 22.4 Å². The highest BCUT2D eigenvalue weighted by atomic mass is 15.1. The van der Waals surface area contributed by atoms with E-state index in [0.29, 0.717) is 0 Å². The third-order valence-corrected chi connectivity index (χ3v) is 13.0. The number of fused-ring (bicyclic) bond motifs is 6. The molecule has 0 heterocycles. The molecular weight excluding hydrogens is 711 g/mol. The van der Waals surface area contributed by atoms with E-state index >= 15 is 0 Å². The van der Waals surface area contributed by atoms with Gasteiger partial charge in [0.25, 0.3) is 0 Å². The van der Waals surface area contributed by atoms with Gasteiger partial charge in [-0.1, -0.05) is 208 Å². The zero-order chi connectivity index (χ0) is 39.6. The van der Waals surface area contributed by atoms with Crippen LogP contribution < -0.4 is 4.90 Å². The summed E-state index contributed by atoms with van der Waals surface area (Å²) in [5.74, 6) is 0. The quantitative estimate of drug-likeness (QED) is 0.157. The van der Waals surface area contributed by atoms with Gasteiger partial charge in [-0.15, -0.1) is 0 Å². The van der Waals surface area contributed by atoms with Crippen molar-refractivity contribution in [2.45, 2.75) is 24.7 Å². The van der Waals surface area contributed by atoms with Gasteiger partial charge in [0.1, 0.15) is 0 Å². The van der Waals surface area contributed by atoms with Crippen molar-refractivity contribution in [3.8, 4) is 44.5 Å². The predicted molar refractivity (Wildman–Crippen MR) is 247 cm³/mol. The first-order valence-electron chi connectivity index (χ1n) is 20.7. The van der Waals surface area contributed by atoms with Crippen LogP contribution in [0.5, 0.6) is 0 Å². The van der Waals surface area contributed by atoms with Gasteiger partial charge in [-0.3, -0.25) is 0 Å². The van der Waals surface area contributed by atoms with Crippen molar-refractivity contribution in [1.82, 2.24) is 0 Å². The number of rotatable bonds is 7. The minimum atomic E-state index is -0.441. The van der Waals surface area contributed by atoms with Gasteiger partial charge in [-0.25, -0.2) is 0 Å². The Labute approximate surface area is 347 Å². The lowest BCUT2D eigenvalue weighted by molar-refractivity contribution is 0.655. The first-order valence-corrected chi connectivity index (χ1v) is 20.7. The van der Waals surface area contributed by atoms with Crippen molar-refractivity contribution in [3.05, 3.63) is 258 Å². The summed E-state index contributed by atoms with van der Waals surface area (Å²) in [5.41, 5.74) is 20.7. The van der Waals surface area contributed by atoms with Crippen LogP contribution >= 0.6 is 0 Å². The van der Waals surface area contributed by atoms with Crippen molar-refractivity contribution >= 4 is 17.1 Å². The van der Waals surface area contributed by atoms with E-state index in [2.05, 4.69) is 243 Å². The van der Waals surface area contributed by atoms with Crippen molar-refractivity contribution in [2.75, 3.05) is 4.90 Å². The molecule has 0 aromatic heterocycles. The summed E-state index contributed by atoms with van der Waals surface area (Å²) < 4.78 is 0. The smallest absolute Gasteiger partial charge is 0.0713 e. The normalized spacial score (nSPS) is 13.9. The number of hydrogen-bond acceptors (Lipinski definition) is 1. The molecule has 9 aromatic rings. The Morgan fingerprint density at radius 3 is 1.41 bits per heavy atom. The van der Waals surface area contributed by atoms with Crippen LogP contribution in [0, 0.1) is 0 Å². The first kappa shape index (κ1) is 35.0. The number of nitrogens with zero attached hydrogens (tertiary/aromatic N) is 1. The average Bonchev–Trinajstić information content (AvgIpc) is 3.73. The van der Waals surface area contributed by atoms with E-state index in [-0.39, 0.29) is 5.41 Å². The van der Waals surface area contributed by atoms with E-state index in [9.17, 15) is 0 Å². The Morgan fingerprint density at radius 1 is 0.305 bits per heavy atom. The highest BCUT2D eigenvalue weighted by Crippen LogP contribution is 2.58. The van der Waals surface area contributed by atoms with Gasteiger partial charge in [-0.2, -0.15) is 0 Å². The third kappa shape index (κ3) is 5.39. The summed E-state index contributed by atoms with van der Waals surface area (Å²) >= 11 is 0. The standard InChI is InChI=1S/C58H43N/c1-57(2)54-38-44(58(43-22-10-5-11-23-43)52-27-15-12-25-48(52)49-26-13-16-28-53(49)58)32-36-50(54)51-37-35-46(39-55(51)57)59(45-33-30-41(31-34-45)40-18-6-3-7-19-40)56-29-17-14-24-47(56)42-20-8-4-9-21-42/h3-39H,1-2H3. The Hall–Kier alpha value is -7.22. The molecular formula is C58H43N. The molecule has 280 valence electrons. The van der Waals surface area contributed by atoms with E-state index in [1.54, 1.807) is 0 Å². The fraction of sp³-hybridized carbons (Fsp3) is 0.0690. The number of anilines is 3. The Morgan fingerprint density at radius 2 is 0.763 bits per heavy atom. The maximum Gasteiger partial charge on any atom is 0.0713 e. The summed E-state index contributed by atoms with van der Waals surface area (Å²) in [6.07, 6.45) is 0. The van der Waals surface area contributed by atoms with Crippen molar-refractivity contribution in [3.63, 3.8) is 0 Å². The molecule has 0 amide bonds. The van der Waals surface area contributed by atoms with Gasteiger partial charge in [-0.05, 0) is 103 Å². The summed E-state index contributed by atoms with van der Waals surface area (Å²) in [6.45, 7) is 4.82. The minimum Gasteiger partial charge on any atom is -0.310 e. The van der Waals surface area contributed by atoms with Gasteiger partial charge >= 0.3 is 0 Å². The van der Waals surface area contributed by atoms with Crippen molar-refractivity contribution in [2.24, 2.45) is 0 Å². The van der Waals surface area contributed by atoms with E-state index in [1.165, 1.54) is 77.9 Å². The Kier molecular flexibility index (Phi) is 8.13. The number of benzene rings is 9. The van der Waals surface area contributed by atoms with Crippen LogP contribution in [-0.2, 0) is 10.8 Å². The minimum absolute atomic E-state index is 0.256. The second-order valence-corrected chi connectivity index (χ2v) is 16.5. The second kappa shape index (κ2) is 13.7. The van der Waals surface area contributed by atoms with E-state index in [4.69, 9.17) is 0 Å². The first-order chi connectivity index (χ1) is 29.0. The summed E-state index contributed by atoms with van der Waals surface area (Å²) in [4.78, 5) is 2.44. The highest BCUT2D eigenvalue weighted by molar-refractivity contribution is 5.92. The van der Waals surface area contributed by atoms with Crippen LogP contribution in [0.2, 0.25) is 0 Å². The summed E-state index contributed by atoms with van der Waals surface area (Å²) in [6, 6.07) is 82.8. The van der Waals surface area contributed by atoms with Crippen LogP contribution in [0.25, 0.3) is 44.5 Å². The third-order valence-electron chi connectivity index (χ3n) is 13.0. The maximum absolute atomic E-state index is 2.53. The molecule has 2 aliphatic rings. The lowest BCUT2D eigenvalue weighted by Crippen LogP contribution is -2.29. The molecule has 0 aliphatic heterocycles. The van der Waals surface area contributed by atoms with E-state index in [1.807, 2.05) is 0 Å². The van der Waals surface area contributed by atoms with Crippen LogP contribution in [0.15, 0.2) is 224 Å². The fourth-order valence-electron chi connectivity index (χ4n) is 10.2. The lowest BCUT2D eigenvalue weighted by Gasteiger charge is -2.35. The topological polar surface area (TPSA) is 3.24 Å². The molecule has 9 aromatic carbocycles. The monoisotopic (exact) mass is 753 g/mol. The predicted octanol–water partition coefficient (Wildman–Crippen LogP) is 15.2. The van der Waals surface area contributed by atoms with Crippen LogP contribution in [0.3, 0.4) is 0 Å². The molecule has 0 unspecified atom stereocenters. The van der Waals surface area contributed by atoms with Crippen LogP contribution in [-0.4, -0.2) is 0 Å². The molecule has 0 spiro atoms. The van der Waals surface area contributed by atoms with E-state index in [0.717, 1.165) is 17.1 Å². The second-order valence-electron chi connectivity index (χ2n) is 16.5. The SMILES string of the molecule is CC1(C)c2cc(N(c3ccc(-c4ccccc4)cc3)c3ccccc3-c3ccccc3)ccc2-c2ccc(C3(c4ccccc4)c4ccccc4-c4ccccc43)cc21. The fourth-order valence-corrected chi connectivity index (χ4v) is 10.2. The molecule has 1 heteroatoms. The lowest BCUT2D eigenvalue weighted by atomic mass is 9.66. The molecule has 0 bridgehead atoms. The van der Waals surface area contributed by atoms with Gasteiger partial charge < -0.3 is 4.90 Å². The Balaban J connectivity index is 1.07. The number of para-hydroxylation sites is 1. The van der Waals surface area contributed by atoms with Crippen LogP contribution in [0.4, 0.5) is 17.1 Å². The maximum atomic E-state index is 2.53. The van der Waals surface area contributed by atoms with Gasteiger partial charge in [0.05, 0.1) is 11.1 Å². The highest BCUT2D eigenvalue weighted by Gasteiger charge is 2.47. The molecule has 59 heavy (non-hydrogen) atoms. The molecule has 0 fully saturated rings. The summed E-state index contributed by atoms with van der Waals surface area (Å²) in [5, 5.41) is 0. The molecule has 0 atom stereocenters. The van der Waals surface area contributed by atoms with E-state index < -0.39 is 5.41 Å². The van der Waals surface area contributed by atoms with Gasteiger partial charge in [0.15, 0.2) is 0 Å². The van der Waals surface area contributed by atoms with Crippen LogP contribution in [0.1, 0.15) is 47.2 Å². The molecule has 0 saturated carbocycles. The molecule has 1 nitrogen and oxygen atoms in total. The van der Waals surface area contributed by atoms with Gasteiger partial charge in [0.2, 0.25) is 0 Å². The Bertz CT molecular complexity index is 2950. The largest absolute Gasteiger partial charge is 0.310 e.